The summed E-state index contributed by atoms with van der Waals surface area (Å²) in [5.74, 6) is 0.727. The van der Waals surface area contributed by atoms with Gasteiger partial charge >= 0.3 is 6.18 Å². The Hall–Kier alpha value is -4.85. The quantitative estimate of drug-likeness (QED) is 0.126. The molecule has 14 heteroatoms. The van der Waals surface area contributed by atoms with Crippen LogP contribution in [0, 0.1) is 5.82 Å². The summed E-state index contributed by atoms with van der Waals surface area (Å²) < 4.78 is 54.8. The van der Waals surface area contributed by atoms with Gasteiger partial charge in [-0.15, -0.1) is 0 Å². The molecule has 3 aromatic carbocycles. The minimum Gasteiger partial charge on any atom is -0.530 e. The average molecular weight is 707 g/mol. The van der Waals surface area contributed by atoms with Gasteiger partial charge in [-0.1, -0.05) is 65.4 Å². The zero-order valence-electron chi connectivity index (χ0n) is 26.7. The Bertz CT molecular complexity index is 1960. The largest absolute Gasteiger partial charge is 0.530 e. The Morgan fingerprint density at radius 3 is 2.24 bits per heavy atom. The van der Waals surface area contributed by atoms with E-state index < -0.39 is 24.1 Å². The Morgan fingerprint density at radius 1 is 0.940 bits per heavy atom. The van der Waals surface area contributed by atoms with Crippen LogP contribution in [0.2, 0.25) is 0 Å². The van der Waals surface area contributed by atoms with Gasteiger partial charge in [0.25, 0.3) is 5.56 Å². The van der Waals surface area contributed by atoms with Crippen molar-refractivity contribution in [2.75, 3.05) is 13.1 Å². The first-order chi connectivity index (χ1) is 24.0. The van der Waals surface area contributed by atoms with E-state index in [1.165, 1.54) is 40.9 Å². The van der Waals surface area contributed by atoms with Crippen LogP contribution in [0.3, 0.4) is 0 Å². The maximum Gasteiger partial charge on any atom is 0.416 e. The molecule has 1 atom stereocenters. The van der Waals surface area contributed by atoms with Crippen molar-refractivity contribution in [3.05, 3.63) is 117 Å². The summed E-state index contributed by atoms with van der Waals surface area (Å²) in [4.78, 5) is 38.5. The van der Waals surface area contributed by atoms with E-state index in [-0.39, 0.29) is 37.1 Å². The molecule has 1 saturated heterocycles. The number of nitrogens with zero attached hydrogens (tertiary/aromatic N) is 5. The summed E-state index contributed by atoms with van der Waals surface area (Å²) in [6.07, 6.45) is -3.14. The Labute approximate surface area is 289 Å². The molecule has 1 unspecified atom stereocenters. The number of alkyl halides is 3. The third-order valence-electron chi connectivity index (χ3n) is 9.45. The third kappa shape index (κ3) is 6.93. The normalized spacial score (nSPS) is 17.8. The van der Waals surface area contributed by atoms with Crippen LogP contribution in [-0.2, 0) is 36.2 Å². The molecule has 4 aromatic rings. The summed E-state index contributed by atoms with van der Waals surface area (Å²) in [5, 5.41) is 16.6. The molecule has 0 radical (unpaired) electrons. The number of halogens is 4. The predicted octanol–water partition coefficient (Wildman–Crippen LogP) is 6.00. The molecule has 9 nitrogen and oxygen atoms in total. The van der Waals surface area contributed by atoms with E-state index in [1.54, 1.807) is 12.1 Å². The molecule has 1 aromatic heterocycles. The predicted molar refractivity (Wildman–Crippen MR) is 176 cm³/mol. The van der Waals surface area contributed by atoms with Crippen molar-refractivity contribution in [2.45, 2.75) is 68.0 Å². The number of hydrogen-bond acceptors (Lipinski definition) is 8. The lowest BCUT2D eigenvalue weighted by Crippen LogP contribution is -2.52. The summed E-state index contributed by atoms with van der Waals surface area (Å²) in [6.45, 7) is 0.816. The molecule has 3 aliphatic rings. The minimum atomic E-state index is -4.42. The second-order valence-corrected chi connectivity index (χ2v) is 13.5. The summed E-state index contributed by atoms with van der Waals surface area (Å²) in [5.41, 5.74) is 3.60. The van der Waals surface area contributed by atoms with Gasteiger partial charge in [-0.25, -0.2) is 4.39 Å². The van der Waals surface area contributed by atoms with Gasteiger partial charge in [-0.05, 0) is 73.1 Å². The molecule has 0 bridgehead atoms. The first-order valence-corrected chi connectivity index (χ1v) is 17.3. The van der Waals surface area contributed by atoms with Crippen LogP contribution in [0.25, 0.3) is 11.1 Å². The van der Waals surface area contributed by atoms with Crippen molar-refractivity contribution in [2.24, 2.45) is 5.16 Å². The van der Waals surface area contributed by atoms with Crippen molar-refractivity contribution in [3.63, 3.8) is 0 Å². The fourth-order valence-electron chi connectivity index (χ4n) is 6.83. The number of amides is 1. The number of rotatable bonds is 8. The van der Waals surface area contributed by atoms with Crippen LogP contribution in [-0.4, -0.2) is 50.4 Å². The highest BCUT2D eigenvalue weighted by Crippen LogP contribution is 2.37. The molecule has 0 saturated carbocycles. The summed E-state index contributed by atoms with van der Waals surface area (Å²) in [6, 6.07) is 18.4. The number of oxime groups is 1. The number of aromatic nitrogens is 2. The Morgan fingerprint density at radius 2 is 1.60 bits per heavy atom. The highest BCUT2D eigenvalue weighted by Gasteiger charge is 2.39. The van der Waals surface area contributed by atoms with Gasteiger partial charge in [0.1, 0.15) is 11.9 Å². The van der Waals surface area contributed by atoms with E-state index in [0.717, 1.165) is 40.9 Å². The lowest BCUT2D eigenvalue weighted by Gasteiger charge is -2.40. The first-order valence-electron chi connectivity index (χ1n) is 16.3. The molecule has 1 fully saturated rings. The SMILES string of the molecule is O=C([O-])N1CCC(N2C(Cn3c(SCc4ccc(F)cc4)nc(=O)c4c3CCC4)=NOC2c2ccc(-c3ccc(C(F)(F)F)cc3)cc2)CC1. The van der Waals surface area contributed by atoms with Crippen molar-refractivity contribution in [1.82, 2.24) is 19.4 Å². The van der Waals surface area contributed by atoms with Crippen LogP contribution in [0.5, 0.6) is 0 Å². The molecule has 3 heterocycles. The van der Waals surface area contributed by atoms with Gasteiger partial charge in [-0.3, -0.25) is 4.79 Å². The summed E-state index contributed by atoms with van der Waals surface area (Å²) >= 11 is 1.38. The zero-order valence-corrected chi connectivity index (χ0v) is 27.6. The monoisotopic (exact) mass is 706 g/mol. The standard InChI is InChI=1S/C36H33F4N5O4S/c37-27-14-4-22(5-15-27)21-50-34-41-32(46)29-2-1-3-30(29)44(34)20-31-42-49-33(45(31)28-16-18-43(19-17-28)35(47)48)25-8-6-23(7-9-25)24-10-12-26(13-11-24)36(38,39)40/h4-15,28,33H,1-3,16-21H2,(H,47,48)/p-1. The van der Waals surface area contributed by atoms with Crippen molar-refractivity contribution in [3.8, 4) is 11.1 Å². The fourth-order valence-corrected chi connectivity index (χ4v) is 7.79. The number of amidine groups is 1. The number of piperidine rings is 1. The molecular formula is C36H32F4N5O4S-. The van der Waals surface area contributed by atoms with E-state index in [4.69, 9.17) is 4.84 Å². The number of carboxylic acid groups (broad SMARTS) is 1. The smallest absolute Gasteiger partial charge is 0.416 e. The first kappa shape index (κ1) is 33.6. The highest BCUT2D eigenvalue weighted by molar-refractivity contribution is 7.98. The summed E-state index contributed by atoms with van der Waals surface area (Å²) in [7, 11) is 0. The van der Waals surface area contributed by atoms with Crippen molar-refractivity contribution < 1.29 is 32.3 Å². The third-order valence-corrected chi connectivity index (χ3v) is 10.5. The van der Waals surface area contributed by atoms with E-state index in [1.807, 2.05) is 28.8 Å². The fraction of sp³-hybridized carbons (Fsp3) is 0.333. The number of fused-ring (bicyclic) bond motifs is 1. The number of likely N-dealkylation sites (tertiary alicyclic amines) is 1. The molecule has 1 aliphatic carbocycles. The molecule has 0 N–H and O–H groups in total. The molecule has 1 amide bonds. The van der Waals surface area contributed by atoms with Crippen molar-refractivity contribution >= 4 is 23.7 Å². The average Bonchev–Trinajstić information content (AvgIpc) is 3.78. The molecule has 0 spiro atoms. The topological polar surface area (TPSA) is 103 Å². The van der Waals surface area contributed by atoms with Gasteiger partial charge in [0.2, 0.25) is 6.23 Å². The lowest BCUT2D eigenvalue weighted by molar-refractivity contribution is -0.266. The Balaban J connectivity index is 1.18. The van der Waals surface area contributed by atoms with Gasteiger partial charge < -0.3 is 29.1 Å². The van der Waals surface area contributed by atoms with Crippen LogP contribution in [0.1, 0.15) is 53.4 Å². The van der Waals surface area contributed by atoms with E-state index in [2.05, 4.69) is 15.0 Å². The number of carbonyl (C=O) groups is 1. The molecule has 260 valence electrons. The number of carbonyl (C=O) groups excluding carboxylic acids is 1. The molecule has 50 heavy (non-hydrogen) atoms. The lowest BCUT2D eigenvalue weighted by atomic mass is 9.99. The maximum absolute atomic E-state index is 13.5. The van der Waals surface area contributed by atoms with E-state index in [0.29, 0.717) is 53.6 Å². The highest BCUT2D eigenvalue weighted by atomic mass is 32.2. The van der Waals surface area contributed by atoms with Crippen LogP contribution in [0.4, 0.5) is 22.4 Å². The minimum absolute atomic E-state index is 0.137. The zero-order chi connectivity index (χ0) is 35.0. The molecule has 2 aliphatic heterocycles. The number of thioether (sulfide) groups is 1. The van der Waals surface area contributed by atoms with Crippen LogP contribution >= 0.6 is 11.8 Å². The van der Waals surface area contributed by atoms with Gasteiger partial charge in [-0.2, -0.15) is 18.2 Å². The Kier molecular flexibility index (Phi) is 9.29. The van der Waals surface area contributed by atoms with Crippen molar-refractivity contribution in [1.29, 1.82) is 0 Å². The second kappa shape index (κ2) is 13.8. The van der Waals surface area contributed by atoms with Crippen LogP contribution < -0.4 is 10.7 Å². The number of benzene rings is 3. The van der Waals surface area contributed by atoms with E-state index >= 15 is 0 Å². The van der Waals surface area contributed by atoms with Gasteiger partial charge in [0.15, 0.2) is 11.0 Å². The number of hydrogen-bond donors (Lipinski definition) is 0. The van der Waals surface area contributed by atoms with Gasteiger partial charge in [0, 0.05) is 41.7 Å². The molecular weight excluding hydrogens is 674 g/mol. The van der Waals surface area contributed by atoms with Crippen LogP contribution in [0.15, 0.2) is 87.9 Å². The maximum atomic E-state index is 13.5. The van der Waals surface area contributed by atoms with E-state index in [9.17, 15) is 32.3 Å². The second-order valence-electron chi connectivity index (χ2n) is 12.5. The van der Waals surface area contributed by atoms with Gasteiger partial charge in [0.05, 0.1) is 12.1 Å². The molecule has 7 rings (SSSR count).